The van der Waals surface area contributed by atoms with E-state index < -0.39 is 0 Å². The Morgan fingerprint density at radius 1 is 1.08 bits per heavy atom. The zero-order valence-corrected chi connectivity index (χ0v) is 15.9. The van der Waals surface area contributed by atoms with Crippen LogP contribution >= 0.6 is 0 Å². The Hall–Kier alpha value is -1.40. The lowest BCUT2D eigenvalue weighted by Gasteiger charge is -2.39. The van der Waals surface area contributed by atoms with E-state index in [4.69, 9.17) is 23.7 Å². The number of hydrogen-bond acceptors (Lipinski definition) is 5. The van der Waals surface area contributed by atoms with Crippen molar-refractivity contribution in [2.24, 2.45) is 0 Å². The zero-order chi connectivity index (χ0) is 18.4. The fraction of sp³-hybridized carbons (Fsp3) is 0.619. The Kier molecular flexibility index (Phi) is 7.08. The third kappa shape index (κ3) is 5.55. The SMILES string of the molecule is COc1ccc(COCC[C@H]2C=C[C@H]3OC(OC(C)C)CC[C@@H]3O2)cc1. The van der Waals surface area contributed by atoms with E-state index in [-0.39, 0.29) is 30.7 Å². The lowest BCUT2D eigenvalue weighted by molar-refractivity contribution is -0.237. The van der Waals surface area contributed by atoms with Crippen molar-refractivity contribution in [2.45, 2.75) is 70.4 Å². The second-order valence-corrected chi connectivity index (χ2v) is 7.08. The molecule has 1 unspecified atom stereocenters. The minimum Gasteiger partial charge on any atom is -0.497 e. The number of benzene rings is 1. The summed E-state index contributed by atoms with van der Waals surface area (Å²) < 4.78 is 28.8. The van der Waals surface area contributed by atoms with Gasteiger partial charge in [0, 0.05) is 19.4 Å². The molecule has 4 atom stereocenters. The van der Waals surface area contributed by atoms with E-state index in [0.29, 0.717) is 13.2 Å². The number of ether oxygens (including phenoxy) is 5. The monoisotopic (exact) mass is 362 g/mol. The number of fused-ring (bicyclic) bond motifs is 1. The van der Waals surface area contributed by atoms with E-state index in [1.807, 2.05) is 38.1 Å². The highest BCUT2D eigenvalue weighted by molar-refractivity contribution is 5.26. The van der Waals surface area contributed by atoms with Crippen molar-refractivity contribution in [3.63, 3.8) is 0 Å². The predicted molar refractivity (Wildman–Crippen MR) is 99.2 cm³/mol. The lowest BCUT2D eigenvalue weighted by Crippen LogP contribution is -2.44. The topological polar surface area (TPSA) is 46.2 Å². The molecule has 1 saturated heterocycles. The van der Waals surface area contributed by atoms with Gasteiger partial charge in [-0.2, -0.15) is 0 Å². The van der Waals surface area contributed by atoms with E-state index in [9.17, 15) is 0 Å². The van der Waals surface area contributed by atoms with Gasteiger partial charge in [-0.3, -0.25) is 0 Å². The van der Waals surface area contributed by atoms with Crippen molar-refractivity contribution in [1.82, 2.24) is 0 Å². The van der Waals surface area contributed by atoms with Gasteiger partial charge in [0.2, 0.25) is 0 Å². The first-order valence-electron chi connectivity index (χ1n) is 9.49. The summed E-state index contributed by atoms with van der Waals surface area (Å²) in [6.45, 7) is 5.33. The second kappa shape index (κ2) is 9.51. The highest BCUT2D eigenvalue weighted by Gasteiger charge is 2.34. The van der Waals surface area contributed by atoms with Crippen LogP contribution in [0.1, 0.15) is 38.7 Å². The first-order chi connectivity index (χ1) is 12.6. The van der Waals surface area contributed by atoms with Crippen LogP contribution in [0.3, 0.4) is 0 Å². The third-order valence-electron chi connectivity index (χ3n) is 4.63. The minimum atomic E-state index is -0.117. The molecule has 0 radical (unpaired) electrons. The molecule has 0 saturated carbocycles. The number of hydrogen-bond donors (Lipinski definition) is 0. The molecule has 1 fully saturated rings. The molecule has 0 amide bonds. The van der Waals surface area contributed by atoms with E-state index in [0.717, 1.165) is 30.6 Å². The average Bonchev–Trinajstić information content (AvgIpc) is 2.65. The highest BCUT2D eigenvalue weighted by Crippen LogP contribution is 2.29. The molecule has 26 heavy (non-hydrogen) atoms. The molecule has 2 heterocycles. The molecule has 5 heteroatoms. The van der Waals surface area contributed by atoms with Gasteiger partial charge in [0.15, 0.2) is 6.29 Å². The van der Waals surface area contributed by atoms with Crippen LogP contribution < -0.4 is 4.74 Å². The maximum Gasteiger partial charge on any atom is 0.158 e. The van der Waals surface area contributed by atoms with Crippen LogP contribution in [-0.4, -0.2) is 44.4 Å². The molecule has 144 valence electrons. The van der Waals surface area contributed by atoms with Crippen LogP contribution in [0.4, 0.5) is 0 Å². The Morgan fingerprint density at radius 3 is 2.62 bits per heavy atom. The van der Waals surface area contributed by atoms with Crippen LogP contribution in [0, 0.1) is 0 Å². The number of methoxy groups -OCH3 is 1. The molecular formula is C21H30O5. The molecule has 0 aliphatic carbocycles. The summed E-state index contributed by atoms with van der Waals surface area (Å²) in [4.78, 5) is 0. The zero-order valence-electron chi connectivity index (χ0n) is 15.9. The van der Waals surface area contributed by atoms with E-state index >= 15 is 0 Å². The van der Waals surface area contributed by atoms with Crippen molar-refractivity contribution < 1.29 is 23.7 Å². The molecule has 3 rings (SSSR count). The lowest BCUT2D eigenvalue weighted by atomic mass is 10.00. The van der Waals surface area contributed by atoms with Crippen LogP contribution in [0.25, 0.3) is 0 Å². The minimum absolute atomic E-state index is 0.00367. The van der Waals surface area contributed by atoms with Crippen molar-refractivity contribution in [3.8, 4) is 5.75 Å². The van der Waals surface area contributed by atoms with E-state index in [1.54, 1.807) is 7.11 Å². The van der Waals surface area contributed by atoms with Crippen LogP contribution in [0.5, 0.6) is 5.75 Å². The molecule has 0 bridgehead atoms. The Bertz CT molecular complexity index is 568. The maximum absolute atomic E-state index is 6.16. The predicted octanol–water partition coefficient (Wildman–Crippen LogP) is 3.86. The summed E-state index contributed by atoms with van der Waals surface area (Å²) >= 11 is 0. The fourth-order valence-electron chi connectivity index (χ4n) is 3.29. The molecule has 5 nitrogen and oxygen atoms in total. The van der Waals surface area contributed by atoms with Gasteiger partial charge < -0.3 is 23.7 Å². The summed E-state index contributed by atoms with van der Waals surface area (Å²) in [6.07, 6.45) is 7.20. The normalized spacial score (nSPS) is 28.2. The molecule has 1 aromatic rings. The Labute approximate surface area is 156 Å². The quantitative estimate of drug-likeness (QED) is 0.519. The van der Waals surface area contributed by atoms with Gasteiger partial charge in [0.25, 0.3) is 0 Å². The van der Waals surface area contributed by atoms with Crippen molar-refractivity contribution in [3.05, 3.63) is 42.0 Å². The summed E-state index contributed by atoms with van der Waals surface area (Å²) in [5.41, 5.74) is 1.14. The average molecular weight is 362 g/mol. The first kappa shape index (κ1) is 19.4. The van der Waals surface area contributed by atoms with Crippen LogP contribution in [0.15, 0.2) is 36.4 Å². The van der Waals surface area contributed by atoms with Crippen molar-refractivity contribution in [2.75, 3.05) is 13.7 Å². The Morgan fingerprint density at radius 2 is 1.88 bits per heavy atom. The van der Waals surface area contributed by atoms with Gasteiger partial charge in [-0.25, -0.2) is 0 Å². The van der Waals surface area contributed by atoms with Gasteiger partial charge in [-0.05, 0) is 38.0 Å². The van der Waals surface area contributed by atoms with Crippen molar-refractivity contribution in [1.29, 1.82) is 0 Å². The molecule has 2 aliphatic heterocycles. The Balaban J connectivity index is 1.37. The van der Waals surface area contributed by atoms with Gasteiger partial charge in [-0.15, -0.1) is 0 Å². The van der Waals surface area contributed by atoms with Crippen LogP contribution in [0.2, 0.25) is 0 Å². The van der Waals surface area contributed by atoms with Crippen LogP contribution in [-0.2, 0) is 25.6 Å². The summed E-state index contributed by atoms with van der Waals surface area (Å²) in [6, 6.07) is 7.95. The fourth-order valence-corrected chi connectivity index (χ4v) is 3.29. The van der Waals surface area contributed by atoms with Gasteiger partial charge >= 0.3 is 0 Å². The summed E-state index contributed by atoms with van der Waals surface area (Å²) in [7, 11) is 1.67. The van der Waals surface area contributed by atoms with E-state index in [1.165, 1.54) is 0 Å². The molecule has 0 spiro atoms. The number of rotatable bonds is 8. The molecule has 2 aliphatic rings. The molecule has 1 aromatic carbocycles. The standard InChI is InChI=1S/C21H30O5/c1-15(2)24-21-11-10-19-20(26-21)9-8-18(25-19)12-13-23-14-16-4-6-17(22-3)7-5-16/h4-9,15,18-21H,10-14H2,1-3H3/t18-,19+,20-,21?/m1/s1. The third-order valence-corrected chi connectivity index (χ3v) is 4.63. The van der Waals surface area contributed by atoms with Crippen molar-refractivity contribution >= 4 is 0 Å². The maximum atomic E-state index is 6.16. The summed E-state index contributed by atoms with van der Waals surface area (Å²) in [5.74, 6) is 0.861. The molecule has 0 N–H and O–H groups in total. The highest BCUT2D eigenvalue weighted by atomic mass is 16.7. The largest absolute Gasteiger partial charge is 0.497 e. The molecule has 0 aromatic heterocycles. The first-order valence-corrected chi connectivity index (χ1v) is 9.49. The smallest absolute Gasteiger partial charge is 0.158 e. The second-order valence-electron chi connectivity index (χ2n) is 7.08. The van der Waals surface area contributed by atoms with Gasteiger partial charge in [0.1, 0.15) is 11.9 Å². The van der Waals surface area contributed by atoms with Gasteiger partial charge in [-0.1, -0.05) is 24.3 Å². The van der Waals surface area contributed by atoms with E-state index in [2.05, 4.69) is 12.2 Å². The molecular weight excluding hydrogens is 332 g/mol. The van der Waals surface area contributed by atoms with Gasteiger partial charge in [0.05, 0.1) is 32.0 Å². The summed E-state index contributed by atoms with van der Waals surface area (Å²) in [5, 5.41) is 0.